The summed E-state index contributed by atoms with van der Waals surface area (Å²) >= 11 is 4.84. The lowest BCUT2D eigenvalue weighted by Crippen LogP contribution is -2.26. The molecule has 4 N–H and O–H groups in total. The van der Waals surface area contributed by atoms with Crippen LogP contribution in [0.1, 0.15) is 11.4 Å². The Bertz CT molecular complexity index is 696. The molecule has 0 aliphatic carbocycles. The summed E-state index contributed by atoms with van der Waals surface area (Å²) in [5.41, 5.74) is 6.02. The molecule has 8 heteroatoms. The lowest BCUT2D eigenvalue weighted by atomic mass is 10.2. The second-order valence-corrected chi connectivity index (χ2v) is 6.28. The number of rotatable bonds is 6. The molecule has 6 nitrogen and oxygen atoms in total. The number of nitrogens with zero attached hydrogens (tertiary/aromatic N) is 1. The number of nitrogens with one attached hydrogen (secondary N) is 2. The molecule has 0 radical (unpaired) electrons. The summed E-state index contributed by atoms with van der Waals surface area (Å²) in [6.45, 7) is 0.257. The Balaban J connectivity index is 2.06. The third-order valence-corrected chi connectivity index (χ3v) is 4.33. The van der Waals surface area contributed by atoms with Gasteiger partial charge >= 0.3 is 0 Å². The molecule has 0 spiro atoms. The number of benzene rings is 1. The topological polar surface area (TPSA) is 101 Å². The molecule has 1 aromatic carbocycles. The van der Waals surface area contributed by atoms with Gasteiger partial charge in [0.1, 0.15) is 10.8 Å². The van der Waals surface area contributed by atoms with Gasteiger partial charge in [0.15, 0.2) is 0 Å². The first-order chi connectivity index (χ1) is 9.49. The van der Waals surface area contributed by atoms with Crippen molar-refractivity contribution in [1.82, 2.24) is 14.7 Å². The number of aromatic nitrogens is 2. The monoisotopic (exact) mass is 310 g/mol. The van der Waals surface area contributed by atoms with E-state index in [2.05, 4.69) is 14.7 Å². The Morgan fingerprint density at radius 1 is 1.45 bits per heavy atom. The number of hydrogen-bond donors (Lipinski definition) is 3. The first-order valence-electron chi connectivity index (χ1n) is 5.87. The molecule has 0 aliphatic heterocycles. The normalized spacial score (nSPS) is 11.4. The Morgan fingerprint density at radius 2 is 2.25 bits per heavy atom. The molecule has 106 valence electrons. The number of hydrogen-bond acceptors (Lipinski definition) is 4. The van der Waals surface area contributed by atoms with Gasteiger partial charge in [0.2, 0.25) is 10.0 Å². The molecule has 0 aliphatic rings. The minimum atomic E-state index is -3.58. The Kier molecular flexibility index (Phi) is 4.48. The van der Waals surface area contributed by atoms with Crippen molar-refractivity contribution in [1.29, 1.82) is 0 Å². The summed E-state index contributed by atoms with van der Waals surface area (Å²) in [4.78, 5) is 7.23. The van der Waals surface area contributed by atoms with E-state index in [4.69, 9.17) is 18.0 Å². The van der Waals surface area contributed by atoms with Gasteiger partial charge in [-0.3, -0.25) is 0 Å². The number of imidazole rings is 1. The van der Waals surface area contributed by atoms with E-state index in [0.29, 0.717) is 12.0 Å². The molecule has 0 saturated heterocycles. The highest BCUT2D eigenvalue weighted by Gasteiger charge is 2.14. The van der Waals surface area contributed by atoms with Crippen LogP contribution < -0.4 is 10.5 Å². The van der Waals surface area contributed by atoms with Crippen molar-refractivity contribution in [3.8, 4) is 0 Å². The maximum Gasteiger partial charge on any atom is 0.240 e. The zero-order valence-corrected chi connectivity index (χ0v) is 12.2. The maximum atomic E-state index is 12.1. The molecule has 1 heterocycles. The molecule has 0 unspecified atom stereocenters. The van der Waals surface area contributed by atoms with Crippen molar-refractivity contribution < 1.29 is 8.42 Å². The van der Waals surface area contributed by atoms with Crippen molar-refractivity contribution >= 4 is 27.2 Å². The van der Waals surface area contributed by atoms with Crippen molar-refractivity contribution in [3.63, 3.8) is 0 Å². The third kappa shape index (κ3) is 3.62. The Morgan fingerprint density at radius 3 is 2.90 bits per heavy atom. The quantitative estimate of drug-likeness (QED) is 0.677. The van der Waals surface area contributed by atoms with Crippen LogP contribution in [-0.2, 0) is 16.4 Å². The SMILES string of the molecule is NC(=S)c1cccc(S(=O)(=O)NCCc2ncc[nH]2)c1. The van der Waals surface area contributed by atoms with Crippen LogP contribution in [0, 0.1) is 0 Å². The van der Waals surface area contributed by atoms with E-state index >= 15 is 0 Å². The highest BCUT2D eigenvalue weighted by molar-refractivity contribution is 7.89. The molecule has 0 bridgehead atoms. The highest BCUT2D eigenvalue weighted by atomic mass is 32.2. The summed E-state index contributed by atoms with van der Waals surface area (Å²) < 4.78 is 26.7. The zero-order valence-electron chi connectivity index (χ0n) is 10.5. The van der Waals surface area contributed by atoms with Gasteiger partial charge in [-0.05, 0) is 12.1 Å². The summed E-state index contributed by atoms with van der Waals surface area (Å²) in [5, 5.41) is 0. The smallest absolute Gasteiger partial charge is 0.240 e. The molecule has 0 fully saturated rings. The summed E-state index contributed by atoms with van der Waals surface area (Å²) in [6, 6.07) is 6.23. The van der Waals surface area contributed by atoms with Crippen LogP contribution >= 0.6 is 12.2 Å². The first-order valence-corrected chi connectivity index (χ1v) is 7.76. The van der Waals surface area contributed by atoms with E-state index in [0.717, 1.165) is 5.82 Å². The number of sulfonamides is 1. The van der Waals surface area contributed by atoms with Crippen molar-refractivity contribution in [2.45, 2.75) is 11.3 Å². The minimum Gasteiger partial charge on any atom is -0.389 e. The second kappa shape index (κ2) is 6.12. The van der Waals surface area contributed by atoms with E-state index in [1.165, 1.54) is 12.1 Å². The summed E-state index contributed by atoms with van der Waals surface area (Å²) in [5.74, 6) is 0.726. The fourth-order valence-corrected chi connectivity index (χ4v) is 2.84. The number of nitrogens with two attached hydrogens (primary N) is 1. The molecule has 2 aromatic rings. The average molecular weight is 310 g/mol. The summed E-state index contributed by atoms with van der Waals surface area (Å²) in [6.07, 6.45) is 3.80. The molecule has 0 amide bonds. The highest BCUT2D eigenvalue weighted by Crippen LogP contribution is 2.11. The number of H-pyrrole nitrogens is 1. The van der Waals surface area contributed by atoms with Crippen LogP contribution in [0.3, 0.4) is 0 Å². The van der Waals surface area contributed by atoms with Crippen molar-refractivity contribution in [3.05, 3.63) is 48.0 Å². The van der Waals surface area contributed by atoms with E-state index in [1.54, 1.807) is 24.5 Å². The van der Waals surface area contributed by atoms with Crippen LogP contribution in [0.5, 0.6) is 0 Å². The minimum absolute atomic E-state index is 0.141. The zero-order chi connectivity index (χ0) is 14.6. The van der Waals surface area contributed by atoms with Gasteiger partial charge in [0, 0.05) is 30.9 Å². The average Bonchev–Trinajstić information content (AvgIpc) is 2.92. The molecule has 1 aromatic heterocycles. The predicted molar refractivity (Wildman–Crippen MR) is 79.8 cm³/mol. The second-order valence-electron chi connectivity index (χ2n) is 4.08. The van der Waals surface area contributed by atoms with E-state index < -0.39 is 10.0 Å². The third-order valence-electron chi connectivity index (χ3n) is 2.64. The summed E-state index contributed by atoms with van der Waals surface area (Å²) in [7, 11) is -3.58. The van der Waals surface area contributed by atoms with Crippen LogP contribution in [0.25, 0.3) is 0 Å². The van der Waals surface area contributed by atoms with Gasteiger partial charge in [0.05, 0.1) is 4.90 Å². The Labute approximate surface area is 122 Å². The molecule has 0 atom stereocenters. The lowest BCUT2D eigenvalue weighted by Gasteiger charge is -2.07. The first kappa shape index (κ1) is 14.6. The number of thiocarbonyl (C=S) groups is 1. The molecule has 20 heavy (non-hydrogen) atoms. The van der Waals surface area contributed by atoms with E-state index in [9.17, 15) is 8.42 Å². The van der Waals surface area contributed by atoms with Crippen LogP contribution in [-0.4, -0.2) is 29.9 Å². The lowest BCUT2D eigenvalue weighted by molar-refractivity contribution is 0.581. The Hall–Kier alpha value is -1.77. The van der Waals surface area contributed by atoms with Crippen molar-refractivity contribution in [2.24, 2.45) is 5.73 Å². The predicted octanol–water partition coefficient (Wildman–Crippen LogP) is 0.565. The molecular formula is C12H14N4O2S2. The van der Waals surface area contributed by atoms with Gasteiger partial charge in [-0.25, -0.2) is 18.1 Å². The van der Waals surface area contributed by atoms with Gasteiger partial charge in [-0.1, -0.05) is 24.4 Å². The van der Waals surface area contributed by atoms with Crippen LogP contribution in [0.4, 0.5) is 0 Å². The fraction of sp³-hybridized carbons (Fsp3) is 0.167. The van der Waals surface area contributed by atoms with Gasteiger partial charge in [0.25, 0.3) is 0 Å². The van der Waals surface area contributed by atoms with Crippen LogP contribution in [0.2, 0.25) is 0 Å². The van der Waals surface area contributed by atoms with Crippen LogP contribution in [0.15, 0.2) is 41.6 Å². The van der Waals surface area contributed by atoms with Gasteiger partial charge < -0.3 is 10.7 Å². The largest absolute Gasteiger partial charge is 0.389 e. The van der Waals surface area contributed by atoms with E-state index in [-0.39, 0.29) is 16.4 Å². The van der Waals surface area contributed by atoms with Gasteiger partial charge in [-0.2, -0.15) is 0 Å². The van der Waals surface area contributed by atoms with Crippen molar-refractivity contribution in [2.75, 3.05) is 6.54 Å². The maximum absolute atomic E-state index is 12.1. The molecule has 2 rings (SSSR count). The van der Waals surface area contributed by atoms with E-state index in [1.807, 2.05) is 0 Å². The standard InChI is InChI=1S/C12H14N4O2S2/c13-12(19)9-2-1-3-10(8-9)20(17,18)16-5-4-11-14-6-7-15-11/h1-3,6-8,16H,4-5H2,(H2,13,19)(H,14,15). The fourth-order valence-electron chi connectivity index (χ4n) is 1.64. The molecular weight excluding hydrogens is 296 g/mol. The number of aromatic amines is 1. The van der Waals surface area contributed by atoms with Gasteiger partial charge in [-0.15, -0.1) is 0 Å². The molecule has 0 saturated carbocycles.